The molecule has 0 aromatic carbocycles. The number of fused-ring (bicyclic) bond motifs is 1. The molecule has 2 atom stereocenters. The average molecular weight is 287 g/mol. The van der Waals surface area contributed by atoms with E-state index in [9.17, 15) is 0 Å². The van der Waals surface area contributed by atoms with Gasteiger partial charge in [-0.15, -0.1) is 0 Å². The smallest absolute Gasteiger partial charge is 0.126 e. The molecule has 0 aliphatic carbocycles. The Bertz CT molecular complexity index is 568. The normalized spacial score (nSPS) is 26.0. The number of anilines is 1. The number of aryl methyl sites for hydroxylation is 2. The van der Waals surface area contributed by atoms with Crippen LogP contribution in [-0.4, -0.2) is 47.4 Å². The van der Waals surface area contributed by atoms with Crippen LogP contribution >= 0.6 is 0 Å². The highest BCUT2D eigenvalue weighted by Gasteiger charge is 2.35. The van der Waals surface area contributed by atoms with Crippen molar-refractivity contribution in [2.45, 2.75) is 45.7 Å². The Kier molecular flexibility index (Phi) is 3.61. The Morgan fingerprint density at radius 3 is 2.86 bits per heavy atom. The molecule has 2 fully saturated rings. The van der Waals surface area contributed by atoms with E-state index in [1.165, 1.54) is 19.4 Å². The number of nitrogens with two attached hydrogens (primary N) is 1. The zero-order chi connectivity index (χ0) is 15.1. The van der Waals surface area contributed by atoms with Crippen molar-refractivity contribution >= 4 is 11.5 Å². The quantitative estimate of drug-likeness (QED) is 0.641. The maximum absolute atomic E-state index is 7.92. The first-order valence-corrected chi connectivity index (χ1v) is 7.80. The van der Waals surface area contributed by atoms with Crippen LogP contribution in [0.5, 0.6) is 0 Å². The maximum Gasteiger partial charge on any atom is 0.126 e. The van der Waals surface area contributed by atoms with E-state index in [4.69, 9.17) is 11.1 Å². The molecule has 0 amide bonds. The number of nitrogens with one attached hydrogen (secondary N) is 1. The lowest BCUT2D eigenvalue weighted by Crippen LogP contribution is -2.55. The standard InChI is InChI=1S/C16H25N5/c1-10-7-14(15(16(17)18)12(3)19-10)21-9-13-5-4-6-20(13)8-11(21)2/h7,11,13H,4-6,8-9H2,1-3H3,(H3,17,18). The Labute approximate surface area is 126 Å². The molecule has 2 aliphatic rings. The molecule has 0 radical (unpaired) electrons. The Morgan fingerprint density at radius 2 is 2.14 bits per heavy atom. The minimum Gasteiger partial charge on any atom is -0.384 e. The third kappa shape index (κ3) is 2.50. The summed E-state index contributed by atoms with van der Waals surface area (Å²) < 4.78 is 0. The predicted molar refractivity (Wildman–Crippen MR) is 86.1 cm³/mol. The lowest BCUT2D eigenvalue weighted by Gasteiger charge is -2.44. The Morgan fingerprint density at radius 1 is 1.38 bits per heavy atom. The third-order valence-corrected chi connectivity index (χ3v) is 4.82. The summed E-state index contributed by atoms with van der Waals surface area (Å²) >= 11 is 0. The van der Waals surface area contributed by atoms with Crippen molar-refractivity contribution < 1.29 is 0 Å². The van der Waals surface area contributed by atoms with Crippen LogP contribution < -0.4 is 10.6 Å². The van der Waals surface area contributed by atoms with E-state index in [1.807, 2.05) is 13.8 Å². The minimum atomic E-state index is 0.121. The van der Waals surface area contributed by atoms with Crippen LogP contribution in [0.4, 0.5) is 5.69 Å². The second-order valence-electron chi connectivity index (χ2n) is 6.45. The molecule has 3 heterocycles. The SMILES string of the molecule is Cc1cc(N2CC3CCCN3CC2C)c(C(=N)N)c(C)n1. The van der Waals surface area contributed by atoms with Gasteiger partial charge in [-0.05, 0) is 46.2 Å². The van der Waals surface area contributed by atoms with Crippen LogP contribution in [0.3, 0.4) is 0 Å². The minimum absolute atomic E-state index is 0.121. The molecule has 5 nitrogen and oxygen atoms in total. The van der Waals surface area contributed by atoms with E-state index in [0.29, 0.717) is 12.1 Å². The first-order chi connectivity index (χ1) is 9.97. The molecule has 2 unspecified atom stereocenters. The molecule has 5 heteroatoms. The number of nitrogen functional groups attached to an aromatic ring is 1. The monoisotopic (exact) mass is 287 g/mol. The van der Waals surface area contributed by atoms with Gasteiger partial charge in [0.15, 0.2) is 0 Å². The van der Waals surface area contributed by atoms with E-state index in [2.05, 4.69) is 27.8 Å². The van der Waals surface area contributed by atoms with E-state index < -0.39 is 0 Å². The van der Waals surface area contributed by atoms with Gasteiger partial charge in [0.2, 0.25) is 0 Å². The van der Waals surface area contributed by atoms with Crippen molar-refractivity contribution in [3.63, 3.8) is 0 Å². The molecule has 21 heavy (non-hydrogen) atoms. The zero-order valence-electron chi connectivity index (χ0n) is 13.2. The molecule has 0 saturated carbocycles. The summed E-state index contributed by atoms with van der Waals surface area (Å²) in [6.07, 6.45) is 2.58. The Hall–Kier alpha value is -1.62. The molecule has 1 aromatic heterocycles. The van der Waals surface area contributed by atoms with Gasteiger partial charge in [0.25, 0.3) is 0 Å². The fourth-order valence-corrected chi connectivity index (χ4v) is 3.89. The van der Waals surface area contributed by atoms with Crippen LogP contribution in [-0.2, 0) is 0 Å². The summed E-state index contributed by atoms with van der Waals surface area (Å²) in [5, 5.41) is 7.92. The van der Waals surface area contributed by atoms with Crippen molar-refractivity contribution in [1.29, 1.82) is 5.41 Å². The molecule has 0 spiro atoms. The van der Waals surface area contributed by atoms with Crippen molar-refractivity contribution in [3.8, 4) is 0 Å². The third-order valence-electron chi connectivity index (χ3n) is 4.82. The van der Waals surface area contributed by atoms with E-state index in [0.717, 1.165) is 35.7 Å². The van der Waals surface area contributed by atoms with Crippen LogP contribution in [0.15, 0.2) is 6.07 Å². The summed E-state index contributed by atoms with van der Waals surface area (Å²) in [5.41, 5.74) is 9.58. The van der Waals surface area contributed by atoms with Gasteiger partial charge >= 0.3 is 0 Å². The van der Waals surface area contributed by atoms with Gasteiger partial charge in [-0.1, -0.05) is 0 Å². The highest BCUT2D eigenvalue weighted by atomic mass is 15.3. The topological polar surface area (TPSA) is 69.2 Å². The van der Waals surface area contributed by atoms with Gasteiger partial charge in [-0.25, -0.2) is 0 Å². The van der Waals surface area contributed by atoms with Gasteiger partial charge in [-0.3, -0.25) is 15.3 Å². The summed E-state index contributed by atoms with van der Waals surface area (Å²) in [7, 11) is 0. The van der Waals surface area contributed by atoms with E-state index in [1.54, 1.807) is 0 Å². The second-order valence-corrected chi connectivity index (χ2v) is 6.45. The predicted octanol–water partition coefficient (Wildman–Crippen LogP) is 1.66. The molecule has 2 saturated heterocycles. The number of aromatic nitrogens is 1. The maximum atomic E-state index is 7.92. The molecule has 0 bridgehead atoms. The van der Waals surface area contributed by atoms with Gasteiger partial charge in [0.1, 0.15) is 5.84 Å². The fourth-order valence-electron chi connectivity index (χ4n) is 3.89. The van der Waals surface area contributed by atoms with Crippen LogP contribution in [0.25, 0.3) is 0 Å². The second kappa shape index (κ2) is 5.30. The van der Waals surface area contributed by atoms with E-state index in [-0.39, 0.29) is 5.84 Å². The number of hydrogen-bond donors (Lipinski definition) is 2. The lowest BCUT2D eigenvalue weighted by molar-refractivity contribution is 0.203. The summed E-state index contributed by atoms with van der Waals surface area (Å²) in [5.74, 6) is 0.121. The zero-order valence-corrected chi connectivity index (χ0v) is 13.2. The van der Waals surface area contributed by atoms with Crippen molar-refractivity contribution in [3.05, 3.63) is 23.0 Å². The summed E-state index contributed by atoms with van der Waals surface area (Å²) in [4.78, 5) is 9.53. The fraction of sp³-hybridized carbons (Fsp3) is 0.625. The van der Waals surface area contributed by atoms with Gasteiger partial charge in [0.05, 0.1) is 16.9 Å². The van der Waals surface area contributed by atoms with Gasteiger partial charge in [0, 0.05) is 30.9 Å². The number of amidine groups is 1. The van der Waals surface area contributed by atoms with Gasteiger partial charge in [-0.2, -0.15) is 0 Å². The van der Waals surface area contributed by atoms with Crippen molar-refractivity contribution in [2.75, 3.05) is 24.5 Å². The van der Waals surface area contributed by atoms with Crippen molar-refractivity contribution in [1.82, 2.24) is 9.88 Å². The molecular formula is C16H25N5. The van der Waals surface area contributed by atoms with E-state index >= 15 is 0 Å². The number of piperazine rings is 1. The van der Waals surface area contributed by atoms with Crippen LogP contribution in [0.1, 0.15) is 36.7 Å². The number of pyridine rings is 1. The first kappa shape index (κ1) is 14.3. The summed E-state index contributed by atoms with van der Waals surface area (Å²) in [6, 6.07) is 3.18. The number of nitrogens with zero attached hydrogens (tertiary/aromatic N) is 3. The molecule has 114 valence electrons. The molecule has 3 N–H and O–H groups in total. The lowest BCUT2D eigenvalue weighted by atomic mass is 10.0. The molecule has 2 aliphatic heterocycles. The van der Waals surface area contributed by atoms with Crippen molar-refractivity contribution in [2.24, 2.45) is 5.73 Å². The first-order valence-electron chi connectivity index (χ1n) is 7.80. The molecular weight excluding hydrogens is 262 g/mol. The highest BCUT2D eigenvalue weighted by Crippen LogP contribution is 2.31. The highest BCUT2D eigenvalue weighted by molar-refractivity contribution is 6.01. The Balaban J connectivity index is 2.01. The van der Waals surface area contributed by atoms with Crippen LogP contribution in [0, 0.1) is 19.3 Å². The van der Waals surface area contributed by atoms with Crippen LogP contribution in [0.2, 0.25) is 0 Å². The number of rotatable bonds is 2. The average Bonchev–Trinajstić information content (AvgIpc) is 2.83. The number of hydrogen-bond acceptors (Lipinski definition) is 4. The molecule has 3 rings (SSSR count). The summed E-state index contributed by atoms with van der Waals surface area (Å²) in [6.45, 7) is 9.59. The largest absolute Gasteiger partial charge is 0.384 e. The molecule has 1 aromatic rings. The van der Waals surface area contributed by atoms with Gasteiger partial charge < -0.3 is 10.6 Å².